The van der Waals surface area contributed by atoms with Crippen LogP contribution in [0.25, 0.3) is 17.1 Å². The van der Waals surface area contributed by atoms with Crippen molar-refractivity contribution in [1.82, 2.24) is 14.5 Å². The summed E-state index contributed by atoms with van der Waals surface area (Å²) in [4.78, 5) is 24.3. The maximum absolute atomic E-state index is 13.4. The molecule has 3 aromatic rings. The number of thiophene rings is 1. The van der Waals surface area contributed by atoms with Crippen molar-refractivity contribution in [3.8, 4) is 17.1 Å². The van der Waals surface area contributed by atoms with E-state index < -0.39 is 0 Å². The van der Waals surface area contributed by atoms with Gasteiger partial charge in [0.1, 0.15) is 5.69 Å². The summed E-state index contributed by atoms with van der Waals surface area (Å²) in [5.41, 5.74) is 4.63. The number of hydrogen-bond donors (Lipinski definition) is 1. The summed E-state index contributed by atoms with van der Waals surface area (Å²) in [6, 6.07) is 24.7. The second kappa shape index (κ2) is 9.20. The Labute approximate surface area is 197 Å². The molecule has 166 valence electrons. The van der Waals surface area contributed by atoms with Gasteiger partial charge in [0.05, 0.1) is 11.4 Å². The van der Waals surface area contributed by atoms with E-state index in [9.17, 15) is 4.79 Å². The summed E-state index contributed by atoms with van der Waals surface area (Å²) in [6.07, 6.45) is 4.19. The Balaban J connectivity index is 1.57. The lowest BCUT2D eigenvalue weighted by molar-refractivity contribution is 0.654. The summed E-state index contributed by atoms with van der Waals surface area (Å²) >= 11 is 1.79. The Morgan fingerprint density at radius 3 is 2.33 bits per heavy atom. The minimum atomic E-state index is -0.0377. The molecule has 2 aliphatic rings. The van der Waals surface area contributed by atoms with Crippen molar-refractivity contribution in [3.63, 3.8) is 0 Å². The third-order valence-electron chi connectivity index (χ3n) is 5.73. The summed E-state index contributed by atoms with van der Waals surface area (Å²) in [7, 11) is 0. The summed E-state index contributed by atoms with van der Waals surface area (Å²) < 4.78 is 1.72. The number of fused-ring (bicyclic) bond motifs is 1. The molecule has 0 unspecified atom stereocenters. The maximum Gasteiger partial charge on any atom is 0.278 e. The predicted molar refractivity (Wildman–Crippen MR) is 136 cm³/mol. The van der Waals surface area contributed by atoms with Gasteiger partial charge in [-0.25, -0.2) is 4.98 Å². The van der Waals surface area contributed by atoms with Crippen molar-refractivity contribution in [2.75, 3.05) is 0 Å². The lowest BCUT2D eigenvalue weighted by atomic mass is 10.1. The molecule has 0 atom stereocenters. The number of H-pyrrole nitrogens is 1. The van der Waals surface area contributed by atoms with Gasteiger partial charge < -0.3 is 4.98 Å². The number of rotatable bonds is 7. The standard InChI is InChI=1S/C28H27N3OS/c1-19(2)15-22-13-14-23(33-22)17-25-28(32)31-18-26(21-11-7-4-8-12-21)29-24(27(31)30-25)16-20-9-5-3-6-10-20/h3-14,18-19,29H,15-17H2,1-2H3. The van der Waals surface area contributed by atoms with Crippen LogP contribution in [0, 0.1) is 5.92 Å². The zero-order chi connectivity index (χ0) is 22.8. The predicted octanol–water partition coefficient (Wildman–Crippen LogP) is 6.11. The molecule has 0 saturated carbocycles. The molecule has 5 heteroatoms. The molecule has 2 aromatic carbocycles. The molecule has 0 radical (unpaired) electrons. The minimum Gasteiger partial charge on any atom is -0.354 e. The first-order valence-electron chi connectivity index (χ1n) is 11.4. The van der Waals surface area contributed by atoms with E-state index >= 15 is 0 Å². The Morgan fingerprint density at radius 1 is 0.909 bits per heavy atom. The fraction of sp³-hybridized carbons (Fsp3) is 0.214. The Bertz CT molecular complexity index is 1380. The molecular formula is C28H27N3OS. The van der Waals surface area contributed by atoms with Crippen LogP contribution in [0.4, 0.5) is 0 Å². The lowest BCUT2D eigenvalue weighted by Gasteiger charge is -2.13. The van der Waals surface area contributed by atoms with Gasteiger partial charge in [0, 0.05) is 28.8 Å². The number of aromatic nitrogens is 3. The molecule has 3 heterocycles. The highest BCUT2D eigenvalue weighted by Crippen LogP contribution is 2.25. The van der Waals surface area contributed by atoms with Crippen LogP contribution in [-0.2, 0) is 19.3 Å². The number of aromatic amines is 1. The highest BCUT2D eigenvalue weighted by molar-refractivity contribution is 7.12. The molecule has 4 nitrogen and oxygen atoms in total. The summed E-state index contributed by atoms with van der Waals surface area (Å²) in [5, 5.41) is 0. The van der Waals surface area contributed by atoms with E-state index in [0.29, 0.717) is 30.3 Å². The van der Waals surface area contributed by atoms with Gasteiger partial charge >= 0.3 is 0 Å². The van der Waals surface area contributed by atoms with Crippen LogP contribution in [0.15, 0.2) is 83.8 Å². The Hall–Kier alpha value is -3.44. The number of nitrogens with zero attached hydrogens (tertiary/aromatic N) is 2. The third-order valence-corrected chi connectivity index (χ3v) is 6.83. The van der Waals surface area contributed by atoms with E-state index in [1.165, 1.54) is 15.3 Å². The van der Waals surface area contributed by atoms with Crippen LogP contribution >= 0.6 is 11.3 Å². The lowest BCUT2D eigenvalue weighted by Crippen LogP contribution is -2.17. The molecule has 0 aliphatic carbocycles. The van der Waals surface area contributed by atoms with E-state index in [4.69, 9.17) is 4.98 Å². The quantitative estimate of drug-likeness (QED) is 0.323. The Kier molecular flexibility index (Phi) is 5.97. The largest absolute Gasteiger partial charge is 0.354 e. The van der Waals surface area contributed by atoms with E-state index in [1.807, 2.05) is 54.7 Å². The molecule has 1 aromatic heterocycles. The molecule has 0 bridgehead atoms. The van der Waals surface area contributed by atoms with Gasteiger partial charge in [-0.15, -0.1) is 11.3 Å². The minimum absolute atomic E-state index is 0.0377. The topological polar surface area (TPSA) is 50.7 Å². The zero-order valence-corrected chi connectivity index (χ0v) is 19.7. The monoisotopic (exact) mass is 453 g/mol. The van der Waals surface area contributed by atoms with Gasteiger partial charge in [0.15, 0.2) is 5.82 Å². The number of hydrogen-bond acceptors (Lipinski definition) is 3. The summed E-state index contributed by atoms with van der Waals surface area (Å²) in [5.74, 6) is 1.33. The van der Waals surface area contributed by atoms with Crippen molar-refractivity contribution in [2.24, 2.45) is 5.92 Å². The van der Waals surface area contributed by atoms with Crippen molar-refractivity contribution >= 4 is 11.3 Å². The van der Waals surface area contributed by atoms with Gasteiger partial charge in [0.2, 0.25) is 0 Å². The van der Waals surface area contributed by atoms with Crippen LogP contribution in [0.2, 0.25) is 0 Å². The van der Waals surface area contributed by atoms with Gasteiger partial charge in [-0.2, -0.15) is 0 Å². The van der Waals surface area contributed by atoms with E-state index in [0.717, 1.165) is 23.4 Å². The SMILES string of the molecule is CC(C)Cc1ccc(Cc2nc3c(Cc4ccccc4)[nH]c(-c4ccccc4)cn-3c2=O)s1. The van der Waals surface area contributed by atoms with Crippen molar-refractivity contribution < 1.29 is 0 Å². The molecule has 2 aliphatic heterocycles. The van der Waals surface area contributed by atoms with Crippen molar-refractivity contribution in [2.45, 2.75) is 33.1 Å². The van der Waals surface area contributed by atoms with E-state index in [2.05, 4.69) is 43.1 Å². The van der Waals surface area contributed by atoms with E-state index in [1.54, 1.807) is 15.9 Å². The highest BCUT2D eigenvalue weighted by atomic mass is 32.1. The molecule has 0 saturated heterocycles. The van der Waals surface area contributed by atoms with Crippen LogP contribution in [-0.4, -0.2) is 14.5 Å². The van der Waals surface area contributed by atoms with Gasteiger partial charge in [-0.05, 0) is 35.6 Å². The molecule has 0 fully saturated rings. The third kappa shape index (κ3) is 4.69. The first-order valence-corrected chi connectivity index (χ1v) is 12.2. The summed E-state index contributed by atoms with van der Waals surface area (Å²) in [6.45, 7) is 4.46. The molecule has 33 heavy (non-hydrogen) atoms. The normalized spacial score (nSPS) is 11.5. The number of benzene rings is 2. The van der Waals surface area contributed by atoms with Crippen LogP contribution in [0.1, 0.15) is 40.6 Å². The fourth-order valence-corrected chi connectivity index (χ4v) is 5.41. The molecule has 1 N–H and O–H groups in total. The fourth-order valence-electron chi connectivity index (χ4n) is 4.17. The second-order valence-electron chi connectivity index (χ2n) is 8.87. The van der Waals surface area contributed by atoms with Gasteiger partial charge in [0.25, 0.3) is 5.56 Å². The number of nitrogens with one attached hydrogen (secondary N) is 1. The maximum atomic E-state index is 13.4. The van der Waals surface area contributed by atoms with Crippen LogP contribution < -0.4 is 5.56 Å². The van der Waals surface area contributed by atoms with E-state index in [-0.39, 0.29) is 5.56 Å². The molecule has 5 rings (SSSR count). The van der Waals surface area contributed by atoms with Crippen LogP contribution in [0.5, 0.6) is 0 Å². The van der Waals surface area contributed by atoms with Gasteiger partial charge in [-0.3, -0.25) is 9.36 Å². The smallest absolute Gasteiger partial charge is 0.278 e. The van der Waals surface area contributed by atoms with Crippen molar-refractivity contribution in [3.05, 3.63) is 116 Å². The second-order valence-corrected chi connectivity index (χ2v) is 10.1. The molecular weight excluding hydrogens is 426 g/mol. The molecule has 0 spiro atoms. The zero-order valence-electron chi connectivity index (χ0n) is 18.9. The number of imidazole rings is 1. The first kappa shape index (κ1) is 21.4. The average Bonchev–Trinajstić information content (AvgIpc) is 3.39. The van der Waals surface area contributed by atoms with Crippen molar-refractivity contribution in [1.29, 1.82) is 0 Å². The van der Waals surface area contributed by atoms with Gasteiger partial charge in [-0.1, -0.05) is 74.5 Å². The van der Waals surface area contributed by atoms with Crippen LogP contribution in [0.3, 0.4) is 0 Å². The molecule has 0 amide bonds. The average molecular weight is 454 g/mol. The first-order chi connectivity index (χ1) is 16.1. The Morgan fingerprint density at radius 2 is 1.61 bits per heavy atom. The highest BCUT2D eigenvalue weighted by Gasteiger charge is 2.21.